The van der Waals surface area contributed by atoms with Gasteiger partial charge in [-0.25, -0.2) is 0 Å². The van der Waals surface area contributed by atoms with Crippen LogP contribution in [0.15, 0.2) is 95.0 Å². The molecule has 3 aromatic rings. The Labute approximate surface area is 156 Å². The van der Waals surface area contributed by atoms with Crippen molar-refractivity contribution in [1.82, 2.24) is 0 Å². The summed E-state index contributed by atoms with van der Waals surface area (Å²) in [6.07, 6.45) is 14.8. The molecule has 0 N–H and O–H groups in total. The molecule has 0 amide bonds. The highest BCUT2D eigenvalue weighted by Crippen LogP contribution is 2.39. The van der Waals surface area contributed by atoms with Crippen molar-refractivity contribution < 1.29 is 0 Å². The van der Waals surface area contributed by atoms with Gasteiger partial charge in [-0.3, -0.25) is 0 Å². The van der Waals surface area contributed by atoms with Gasteiger partial charge in [-0.05, 0) is 62.9 Å². The van der Waals surface area contributed by atoms with Gasteiger partial charge in [0.1, 0.15) is 0 Å². The molecule has 3 aromatic carbocycles. The third-order valence-electron chi connectivity index (χ3n) is 5.19. The fraction of sp³-hybridized carbons (Fsp3) is 0.0833. The molecule has 0 aliphatic heterocycles. The van der Waals surface area contributed by atoms with Gasteiger partial charge in [0.25, 0.3) is 0 Å². The molecule has 1 atom stereocenters. The van der Waals surface area contributed by atoms with Crippen molar-refractivity contribution in [2.24, 2.45) is 5.92 Å². The van der Waals surface area contributed by atoms with Gasteiger partial charge in [-0.1, -0.05) is 82.7 Å². The molecule has 0 unspecified atom stereocenters. The average molecular weight is 385 g/mol. The fourth-order valence-electron chi connectivity index (χ4n) is 3.96. The minimum absolute atomic E-state index is 0.529. The molecule has 5 rings (SSSR count). The molecule has 0 saturated carbocycles. The number of rotatable bonds is 1. The summed E-state index contributed by atoms with van der Waals surface area (Å²) in [6, 6.07) is 17.6. The van der Waals surface area contributed by atoms with Crippen LogP contribution in [0.25, 0.3) is 27.1 Å². The summed E-state index contributed by atoms with van der Waals surface area (Å²) in [5, 5.41) is 5.19. The van der Waals surface area contributed by atoms with Crippen molar-refractivity contribution in [2.45, 2.75) is 6.42 Å². The monoisotopic (exact) mass is 384 g/mol. The highest BCUT2D eigenvalue weighted by Gasteiger charge is 2.18. The molecule has 0 spiro atoms. The summed E-state index contributed by atoms with van der Waals surface area (Å²) in [4.78, 5) is 0. The van der Waals surface area contributed by atoms with Gasteiger partial charge in [0.2, 0.25) is 0 Å². The van der Waals surface area contributed by atoms with Crippen molar-refractivity contribution in [3.8, 4) is 0 Å². The SMILES string of the molecule is Brc1ccc2cc3ccccc3c(C3=CC4=CC=CC[C@H]4C=C3)c2c1. The Kier molecular flexibility index (Phi) is 3.50. The van der Waals surface area contributed by atoms with E-state index in [-0.39, 0.29) is 0 Å². The van der Waals surface area contributed by atoms with E-state index in [1.165, 1.54) is 38.3 Å². The lowest BCUT2D eigenvalue weighted by molar-refractivity contribution is 0.781. The molecule has 0 fully saturated rings. The first kappa shape index (κ1) is 14.9. The van der Waals surface area contributed by atoms with Gasteiger partial charge >= 0.3 is 0 Å². The molecule has 1 heteroatoms. The van der Waals surface area contributed by atoms with Crippen LogP contribution in [0.3, 0.4) is 0 Å². The molecule has 0 nitrogen and oxygen atoms in total. The quantitative estimate of drug-likeness (QED) is 0.388. The standard InChI is InChI=1S/C24H17Br/c25-21-12-11-19-14-18-7-3-4-8-22(18)24(23(19)15-21)20-10-9-16-5-1-2-6-17(16)13-20/h1-4,6-16H,5H2/t16-/m0/s1. The zero-order chi connectivity index (χ0) is 16.8. The molecule has 2 aliphatic carbocycles. The maximum absolute atomic E-state index is 3.65. The van der Waals surface area contributed by atoms with Crippen molar-refractivity contribution in [3.63, 3.8) is 0 Å². The summed E-state index contributed by atoms with van der Waals surface area (Å²) in [5.41, 5.74) is 4.05. The van der Waals surface area contributed by atoms with E-state index >= 15 is 0 Å². The van der Waals surface area contributed by atoms with Gasteiger partial charge in [0.15, 0.2) is 0 Å². The molecule has 0 radical (unpaired) electrons. The van der Waals surface area contributed by atoms with Crippen molar-refractivity contribution >= 4 is 43.0 Å². The summed E-state index contributed by atoms with van der Waals surface area (Å²) < 4.78 is 1.12. The lowest BCUT2D eigenvalue weighted by atomic mass is 9.82. The zero-order valence-electron chi connectivity index (χ0n) is 13.7. The fourth-order valence-corrected chi connectivity index (χ4v) is 4.32. The normalized spacial score (nSPS) is 19.0. The molecule has 2 aliphatic rings. The first-order valence-corrected chi connectivity index (χ1v) is 9.47. The summed E-state index contributed by atoms with van der Waals surface area (Å²) in [6.45, 7) is 0. The molecule has 0 aromatic heterocycles. The van der Waals surface area contributed by atoms with Crippen LogP contribution >= 0.6 is 15.9 Å². The van der Waals surface area contributed by atoms with Crippen LogP contribution in [0.4, 0.5) is 0 Å². The Balaban J connectivity index is 1.86. The van der Waals surface area contributed by atoms with Gasteiger partial charge in [0.05, 0.1) is 0 Å². The van der Waals surface area contributed by atoms with Crippen LogP contribution in [0.1, 0.15) is 12.0 Å². The van der Waals surface area contributed by atoms with Gasteiger partial charge in [-0.15, -0.1) is 0 Å². The van der Waals surface area contributed by atoms with Crippen LogP contribution in [-0.4, -0.2) is 0 Å². The van der Waals surface area contributed by atoms with Gasteiger partial charge in [-0.2, -0.15) is 0 Å². The van der Waals surface area contributed by atoms with Crippen LogP contribution in [-0.2, 0) is 0 Å². The van der Waals surface area contributed by atoms with Crippen LogP contribution in [0.5, 0.6) is 0 Å². The van der Waals surface area contributed by atoms with E-state index in [4.69, 9.17) is 0 Å². The highest BCUT2D eigenvalue weighted by atomic mass is 79.9. The molecule has 120 valence electrons. The third-order valence-corrected chi connectivity index (χ3v) is 5.68. The van der Waals surface area contributed by atoms with E-state index in [1.807, 2.05) is 0 Å². The lowest BCUT2D eigenvalue weighted by Crippen LogP contribution is -2.05. The lowest BCUT2D eigenvalue weighted by Gasteiger charge is -2.22. The molecule has 0 bridgehead atoms. The largest absolute Gasteiger partial charge is 0.0836 e. The van der Waals surface area contributed by atoms with Crippen molar-refractivity contribution in [2.75, 3.05) is 0 Å². The van der Waals surface area contributed by atoms with E-state index in [2.05, 4.69) is 101 Å². The first-order chi connectivity index (χ1) is 12.3. The summed E-state index contributed by atoms with van der Waals surface area (Å²) in [7, 11) is 0. The maximum atomic E-state index is 3.65. The van der Waals surface area contributed by atoms with Crippen LogP contribution in [0.2, 0.25) is 0 Å². The second-order valence-corrected chi connectivity index (χ2v) is 7.65. The van der Waals surface area contributed by atoms with E-state index in [0.29, 0.717) is 5.92 Å². The number of allylic oxidation sites excluding steroid dienone is 8. The molecule has 25 heavy (non-hydrogen) atoms. The van der Waals surface area contributed by atoms with Crippen LogP contribution in [0, 0.1) is 5.92 Å². The second kappa shape index (κ2) is 5.86. The topological polar surface area (TPSA) is 0 Å². The predicted molar refractivity (Wildman–Crippen MR) is 112 cm³/mol. The number of hydrogen-bond acceptors (Lipinski definition) is 0. The van der Waals surface area contributed by atoms with Gasteiger partial charge in [0, 0.05) is 10.4 Å². The van der Waals surface area contributed by atoms with Crippen LogP contribution < -0.4 is 0 Å². The summed E-state index contributed by atoms with van der Waals surface area (Å²) >= 11 is 3.65. The smallest absolute Gasteiger partial charge is 0.0181 e. The maximum Gasteiger partial charge on any atom is 0.0181 e. The average Bonchev–Trinajstić information content (AvgIpc) is 2.66. The Bertz CT molecular complexity index is 1130. The minimum Gasteiger partial charge on any atom is -0.0836 e. The Hall–Kier alpha value is -2.38. The zero-order valence-corrected chi connectivity index (χ0v) is 15.3. The molecular formula is C24H17Br. The van der Waals surface area contributed by atoms with E-state index in [0.717, 1.165) is 10.9 Å². The van der Waals surface area contributed by atoms with E-state index in [1.54, 1.807) is 0 Å². The molecular weight excluding hydrogens is 368 g/mol. The number of hydrogen-bond donors (Lipinski definition) is 0. The van der Waals surface area contributed by atoms with Crippen molar-refractivity contribution in [1.29, 1.82) is 0 Å². The molecule has 0 saturated heterocycles. The summed E-state index contributed by atoms with van der Waals surface area (Å²) in [5.74, 6) is 0.529. The first-order valence-electron chi connectivity index (χ1n) is 8.67. The Morgan fingerprint density at radius 2 is 1.80 bits per heavy atom. The number of benzene rings is 3. The van der Waals surface area contributed by atoms with Crippen molar-refractivity contribution in [3.05, 3.63) is 101 Å². The Morgan fingerprint density at radius 1 is 0.920 bits per heavy atom. The molecule has 0 heterocycles. The Morgan fingerprint density at radius 3 is 2.76 bits per heavy atom. The third kappa shape index (κ3) is 2.51. The van der Waals surface area contributed by atoms with E-state index < -0.39 is 0 Å². The van der Waals surface area contributed by atoms with Gasteiger partial charge < -0.3 is 0 Å². The second-order valence-electron chi connectivity index (χ2n) is 6.73. The minimum atomic E-state index is 0.529. The highest BCUT2D eigenvalue weighted by molar-refractivity contribution is 9.10. The number of halogens is 1. The predicted octanol–water partition coefficient (Wildman–Crippen LogP) is 7.21. The number of fused-ring (bicyclic) bond motifs is 3. The van der Waals surface area contributed by atoms with E-state index in [9.17, 15) is 0 Å².